The lowest BCUT2D eigenvalue weighted by Gasteiger charge is -2.04. The fourth-order valence-electron chi connectivity index (χ4n) is 1.41. The van der Waals surface area contributed by atoms with Crippen LogP contribution in [-0.4, -0.2) is 16.5 Å². The number of hydrogen-bond donors (Lipinski definition) is 1. The molecule has 3 rings (SSSR count). The Balaban J connectivity index is 1.84. The molecule has 2 aromatic rings. The first-order chi connectivity index (χ1) is 8.52. The summed E-state index contributed by atoms with van der Waals surface area (Å²) in [5, 5.41) is 11.0. The molecule has 5 nitrogen and oxygen atoms in total. The topological polar surface area (TPSA) is 56.3 Å². The van der Waals surface area contributed by atoms with Crippen molar-refractivity contribution >= 4 is 38.1 Å². The summed E-state index contributed by atoms with van der Waals surface area (Å²) in [5.74, 6) is -0.0161. The maximum atomic E-state index is 12.8. The summed E-state index contributed by atoms with van der Waals surface area (Å²) in [6.45, 7) is 0. The van der Waals surface area contributed by atoms with Crippen molar-refractivity contribution in [3.05, 3.63) is 22.1 Å². The van der Waals surface area contributed by atoms with E-state index in [9.17, 15) is 8.78 Å². The second kappa shape index (κ2) is 4.02. The van der Waals surface area contributed by atoms with Gasteiger partial charge in [0.2, 0.25) is 5.13 Å². The van der Waals surface area contributed by atoms with Gasteiger partial charge in [-0.2, -0.15) is 0 Å². The van der Waals surface area contributed by atoms with Crippen LogP contribution in [0.2, 0.25) is 0 Å². The van der Waals surface area contributed by atoms with Crippen molar-refractivity contribution in [1.82, 2.24) is 10.2 Å². The van der Waals surface area contributed by atoms with Crippen LogP contribution in [0, 0.1) is 0 Å². The van der Waals surface area contributed by atoms with Gasteiger partial charge in [-0.1, -0.05) is 11.3 Å². The lowest BCUT2D eigenvalue weighted by atomic mass is 10.3. The number of fused-ring (bicyclic) bond motifs is 1. The van der Waals surface area contributed by atoms with Crippen LogP contribution in [-0.2, 0) is 0 Å². The fraction of sp³-hybridized carbons (Fsp3) is 0.111. The number of rotatable bonds is 2. The lowest BCUT2D eigenvalue weighted by molar-refractivity contribution is -0.286. The van der Waals surface area contributed by atoms with E-state index in [0.29, 0.717) is 14.7 Å². The maximum absolute atomic E-state index is 12.8. The van der Waals surface area contributed by atoms with E-state index in [4.69, 9.17) is 0 Å². The molecule has 0 unspecified atom stereocenters. The SMILES string of the molecule is FC1(F)Oc2ccc(Nc3nnc(Br)s3)cc2O1. The second-order valence-corrected chi connectivity index (χ2v) is 5.57. The molecule has 1 N–H and O–H groups in total. The average Bonchev–Trinajstić information content (AvgIpc) is 2.80. The summed E-state index contributed by atoms with van der Waals surface area (Å²) < 4.78 is 34.9. The van der Waals surface area contributed by atoms with Crippen molar-refractivity contribution in [1.29, 1.82) is 0 Å². The molecule has 0 atom stereocenters. The molecule has 9 heteroatoms. The molecule has 0 saturated heterocycles. The highest BCUT2D eigenvalue weighted by Gasteiger charge is 2.43. The lowest BCUT2D eigenvalue weighted by Crippen LogP contribution is -2.25. The highest BCUT2D eigenvalue weighted by Crippen LogP contribution is 2.42. The van der Waals surface area contributed by atoms with Gasteiger partial charge in [0, 0.05) is 11.8 Å². The van der Waals surface area contributed by atoms with Gasteiger partial charge in [-0.05, 0) is 28.1 Å². The van der Waals surface area contributed by atoms with Crippen LogP contribution < -0.4 is 14.8 Å². The van der Waals surface area contributed by atoms with Crippen molar-refractivity contribution in [3.63, 3.8) is 0 Å². The molecular weight excluding hydrogens is 332 g/mol. The molecule has 0 spiro atoms. The molecule has 2 heterocycles. The van der Waals surface area contributed by atoms with Gasteiger partial charge in [-0.15, -0.1) is 19.0 Å². The smallest absolute Gasteiger partial charge is 0.395 e. The second-order valence-electron chi connectivity index (χ2n) is 3.31. The van der Waals surface area contributed by atoms with E-state index in [2.05, 4.69) is 40.9 Å². The van der Waals surface area contributed by atoms with Crippen molar-refractivity contribution in [2.75, 3.05) is 5.32 Å². The molecule has 1 aliphatic rings. The number of alkyl halides is 2. The number of nitrogens with zero attached hydrogens (tertiary/aromatic N) is 2. The molecule has 1 aliphatic heterocycles. The molecule has 0 radical (unpaired) electrons. The van der Waals surface area contributed by atoms with Gasteiger partial charge in [0.1, 0.15) is 0 Å². The Hall–Kier alpha value is -1.48. The minimum atomic E-state index is -3.60. The summed E-state index contributed by atoms with van der Waals surface area (Å²) in [7, 11) is 0. The van der Waals surface area contributed by atoms with E-state index in [1.165, 1.54) is 23.5 Å². The first-order valence-corrected chi connectivity index (χ1v) is 6.29. The van der Waals surface area contributed by atoms with Crippen LogP contribution >= 0.6 is 27.3 Å². The standard InChI is InChI=1S/C9H4BrF2N3O2S/c10-7-14-15-8(18-7)13-4-1-2-5-6(3-4)17-9(11,12)16-5/h1-3H,(H,13,15). The first-order valence-electron chi connectivity index (χ1n) is 4.68. The zero-order valence-corrected chi connectivity index (χ0v) is 10.9. The number of nitrogens with one attached hydrogen (secondary N) is 1. The molecule has 0 amide bonds. The molecule has 94 valence electrons. The summed E-state index contributed by atoms with van der Waals surface area (Å²) >= 11 is 4.45. The number of halogens is 3. The molecular formula is C9H4BrF2N3O2S. The minimum Gasteiger partial charge on any atom is -0.395 e. The van der Waals surface area contributed by atoms with E-state index in [1.54, 1.807) is 6.07 Å². The molecule has 0 aliphatic carbocycles. The molecule has 0 bridgehead atoms. The van der Waals surface area contributed by atoms with E-state index >= 15 is 0 Å². The van der Waals surface area contributed by atoms with Gasteiger partial charge < -0.3 is 14.8 Å². The van der Waals surface area contributed by atoms with Gasteiger partial charge in [0.15, 0.2) is 15.4 Å². The first kappa shape index (κ1) is 11.6. The Bertz CT molecular complexity index is 607. The third-order valence-corrected chi connectivity index (χ3v) is 3.32. The van der Waals surface area contributed by atoms with Crippen LogP contribution in [0.3, 0.4) is 0 Å². The average molecular weight is 336 g/mol. The number of anilines is 2. The number of benzene rings is 1. The zero-order valence-electron chi connectivity index (χ0n) is 8.49. The third kappa shape index (κ3) is 2.23. The van der Waals surface area contributed by atoms with Crippen molar-refractivity contribution < 1.29 is 18.3 Å². The monoisotopic (exact) mass is 335 g/mol. The molecule has 18 heavy (non-hydrogen) atoms. The fourth-order valence-corrected chi connectivity index (χ4v) is 2.44. The summed E-state index contributed by atoms with van der Waals surface area (Å²) in [6.07, 6.45) is -3.60. The van der Waals surface area contributed by atoms with Crippen LogP contribution in [0.15, 0.2) is 22.1 Å². The van der Waals surface area contributed by atoms with Gasteiger partial charge in [-0.3, -0.25) is 0 Å². The minimum absolute atomic E-state index is 0.00370. The van der Waals surface area contributed by atoms with Crippen molar-refractivity contribution in [3.8, 4) is 11.5 Å². The summed E-state index contributed by atoms with van der Waals surface area (Å²) in [6, 6.07) is 4.39. The Morgan fingerprint density at radius 2 is 2.00 bits per heavy atom. The quantitative estimate of drug-likeness (QED) is 0.911. The van der Waals surface area contributed by atoms with Crippen molar-refractivity contribution in [2.45, 2.75) is 6.29 Å². The van der Waals surface area contributed by atoms with Gasteiger partial charge in [-0.25, -0.2) is 0 Å². The van der Waals surface area contributed by atoms with Gasteiger partial charge >= 0.3 is 6.29 Å². The Morgan fingerprint density at radius 1 is 1.22 bits per heavy atom. The molecule has 0 fully saturated rings. The predicted octanol–water partition coefficient (Wildman–Crippen LogP) is 3.37. The summed E-state index contributed by atoms with van der Waals surface area (Å²) in [4.78, 5) is 0. The van der Waals surface area contributed by atoms with Gasteiger partial charge in [0.05, 0.1) is 0 Å². The van der Waals surface area contributed by atoms with E-state index in [0.717, 1.165) is 0 Å². The number of hydrogen-bond acceptors (Lipinski definition) is 6. The highest BCUT2D eigenvalue weighted by molar-refractivity contribution is 9.11. The van der Waals surface area contributed by atoms with Crippen LogP contribution in [0.5, 0.6) is 11.5 Å². The number of ether oxygens (including phenoxy) is 2. The Morgan fingerprint density at radius 3 is 2.72 bits per heavy atom. The summed E-state index contributed by atoms with van der Waals surface area (Å²) in [5.41, 5.74) is 0.554. The Kier molecular flexibility index (Phi) is 2.59. The van der Waals surface area contributed by atoms with E-state index in [-0.39, 0.29) is 11.5 Å². The number of aromatic nitrogens is 2. The molecule has 1 aromatic heterocycles. The third-order valence-electron chi connectivity index (χ3n) is 2.05. The van der Waals surface area contributed by atoms with Crippen LogP contribution in [0.1, 0.15) is 0 Å². The predicted molar refractivity (Wildman–Crippen MR) is 63.5 cm³/mol. The Labute approximate surface area is 112 Å². The van der Waals surface area contributed by atoms with Crippen LogP contribution in [0.4, 0.5) is 19.6 Å². The highest BCUT2D eigenvalue weighted by atomic mass is 79.9. The molecule has 1 aromatic carbocycles. The molecule has 0 saturated carbocycles. The zero-order chi connectivity index (χ0) is 12.8. The van der Waals surface area contributed by atoms with Crippen LogP contribution in [0.25, 0.3) is 0 Å². The van der Waals surface area contributed by atoms with E-state index < -0.39 is 6.29 Å². The van der Waals surface area contributed by atoms with E-state index in [1.807, 2.05) is 0 Å². The largest absolute Gasteiger partial charge is 0.586 e. The van der Waals surface area contributed by atoms with Crippen molar-refractivity contribution in [2.24, 2.45) is 0 Å². The van der Waals surface area contributed by atoms with Gasteiger partial charge in [0.25, 0.3) is 0 Å². The maximum Gasteiger partial charge on any atom is 0.586 e. The normalized spacial score (nSPS) is 15.7.